The molecule has 0 spiro atoms. The van der Waals surface area contributed by atoms with Crippen LogP contribution in [0.2, 0.25) is 0 Å². The molecular formula is C17H19N3O4. The monoisotopic (exact) mass is 329 g/mol. The van der Waals surface area contributed by atoms with Crippen molar-refractivity contribution in [2.24, 2.45) is 0 Å². The Balaban J connectivity index is 1.60. The molecule has 2 rings (SSSR count). The molecule has 0 aliphatic carbocycles. The first-order chi connectivity index (χ1) is 11.6. The molecule has 0 radical (unpaired) electrons. The molecule has 1 aromatic carbocycles. The van der Waals surface area contributed by atoms with Crippen LogP contribution in [0.5, 0.6) is 5.75 Å². The fourth-order valence-corrected chi connectivity index (χ4v) is 1.92. The van der Waals surface area contributed by atoms with E-state index in [1.807, 2.05) is 18.2 Å². The Hall–Kier alpha value is -3.09. The second-order valence-electron chi connectivity index (χ2n) is 4.97. The van der Waals surface area contributed by atoms with Crippen LogP contribution in [-0.2, 0) is 16.1 Å². The summed E-state index contributed by atoms with van der Waals surface area (Å²) in [6.07, 6.45) is 1.55. The van der Waals surface area contributed by atoms with E-state index >= 15 is 0 Å². The first-order valence-electron chi connectivity index (χ1n) is 7.52. The van der Waals surface area contributed by atoms with Gasteiger partial charge in [-0.3, -0.25) is 14.4 Å². The lowest BCUT2D eigenvalue weighted by atomic mass is 10.3. The molecule has 0 fully saturated rings. The molecule has 2 aromatic rings. The topological polar surface area (TPSA) is 89.4 Å². The van der Waals surface area contributed by atoms with Crippen molar-refractivity contribution in [1.29, 1.82) is 0 Å². The number of aromatic nitrogens is 1. The molecule has 0 saturated carbocycles. The van der Waals surface area contributed by atoms with E-state index in [1.54, 1.807) is 30.5 Å². The highest BCUT2D eigenvalue weighted by Gasteiger charge is 2.05. The van der Waals surface area contributed by atoms with E-state index in [2.05, 4.69) is 10.6 Å². The number of benzene rings is 1. The maximum absolute atomic E-state index is 11.7. The third kappa shape index (κ3) is 5.96. The van der Waals surface area contributed by atoms with Gasteiger partial charge in [0.25, 0.3) is 11.5 Å². The van der Waals surface area contributed by atoms with Gasteiger partial charge in [-0.05, 0) is 18.2 Å². The van der Waals surface area contributed by atoms with Crippen LogP contribution in [-0.4, -0.2) is 36.1 Å². The summed E-state index contributed by atoms with van der Waals surface area (Å²) in [7, 11) is 0. The lowest BCUT2D eigenvalue weighted by Gasteiger charge is -2.09. The van der Waals surface area contributed by atoms with Crippen LogP contribution in [0.25, 0.3) is 0 Å². The maximum atomic E-state index is 11.7. The summed E-state index contributed by atoms with van der Waals surface area (Å²) in [5, 5.41) is 5.27. The minimum Gasteiger partial charge on any atom is -0.484 e. The molecule has 2 amide bonds. The third-order valence-corrected chi connectivity index (χ3v) is 3.10. The highest BCUT2D eigenvalue weighted by Crippen LogP contribution is 2.07. The van der Waals surface area contributed by atoms with Gasteiger partial charge in [-0.25, -0.2) is 0 Å². The molecule has 1 heterocycles. The van der Waals surface area contributed by atoms with E-state index in [4.69, 9.17) is 4.74 Å². The number of hydrogen-bond acceptors (Lipinski definition) is 4. The SMILES string of the molecule is O=C(COc1ccccc1)NCCNC(=O)Cn1ccccc1=O. The molecule has 0 aliphatic rings. The third-order valence-electron chi connectivity index (χ3n) is 3.10. The zero-order valence-electron chi connectivity index (χ0n) is 13.1. The number of pyridine rings is 1. The van der Waals surface area contributed by atoms with Gasteiger partial charge in [0.1, 0.15) is 12.3 Å². The number of hydrogen-bond donors (Lipinski definition) is 2. The van der Waals surface area contributed by atoms with Crippen LogP contribution >= 0.6 is 0 Å². The predicted octanol–water partition coefficient (Wildman–Crippen LogP) is 0.160. The molecule has 7 nitrogen and oxygen atoms in total. The van der Waals surface area contributed by atoms with Gasteiger partial charge >= 0.3 is 0 Å². The summed E-state index contributed by atoms with van der Waals surface area (Å²) in [6, 6.07) is 13.7. The van der Waals surface area contributed by atoms with E-state index in [0.29, 0.717) is 5.75 Å². The minimum atomic E-state index is -0.293. The molecule has 0 bridgehead atoms. The number of carbonyl (C=O) groups is 2. The van der Waals surface area contributed by atoms with Crippen molar-refractivity contribution in [3.05, 3.63) is 65.1 Å². The maximum Gasteiger partial charge on any atom is 0.258 e. The molecular weight excluding hydrogens is 310 g/mol. The van der Waals surface area contributed by atoms with E-state index in [0.717, 1.165) is 0 Å². The highest BCUT2D eigenvalue weighted by molar-refractivity contribution is 5.78. The number of para-hydroxylation sites is 1. The molecule has 126 valence electrons. The molecule has 1 aromatic heterocycles. The van der Waals surface area contributed by atoms with Gasteiger partial charge in [0.2, 0.25) is 5.91 Å². The Labute approximate surface area is 139 Å². The number of rotatable bonds is 8. The summed E-state index contributed by atoms with van der Waals surface area (Å²) in [5.74, 6) is 0.0553. The Morgan fingerprint density at radius 2 is 1.58 bits per heavy atom. The number of amides is 2. The van der Waals surface area contributed by atoms with E-state index in [1.165, 1.54) is 10.6 Å². The summed E-state index contributed by atoms with van der Waals surface area (Å²) in [5.41, 5.74) is -0.237. The summed E-state index contributed by atoms with van der Waals surface area (Å²) >= 11 is 0. The predicted molar refractivity (Wildman–Crippen MR) is 88.7 cm³/mol. The van der Waals surface area contributed by atoms with E-state index in [9.17, 15) is 14.4 Å². The van der Waals surface area contributed by atoms with Crippen molar-refractivity contribution in [2.75, 3.05) is 19.7 Å². The molecule has 7 heteroatoms. The smallest absolute Gasteiger partial charge is 0.258 e. The number of ether oxygens (including phenoxy) is 1. The quantitative estimate of drug-likeness (QED) is 0.675. The fraction of sp³-hybridized carbons (Fsp3) is 0.235. The molecule has 24 heavy (non-hydrogen) atoms. The van der Waals surface area contributed by atoms with E-state index < -0.39 is 0 Å². The Morgan fingerprint density at radius 1 is 0.917 bits per heavy atom. The largest absolute Gasteiger partial charge is 0.484 e. The fourth-order valence-electron chi connectivity index (χ4n) is 1.92. The second kappa shape index (κ2) is 9.14. The molecule has 0 atom stereocenters. The van der Waals surface area contributed by atoms with E-state index in [-0.39, 0.29) is 43.6 Å². The van der Waals surface area contributed by atoms with Crippen molar-refractivity contribution in [3.8, 4) is 5.75 Å². The highest BCUT2D eigenvalue weighted by atomic mass is 16.5. The minimum absolute atomic E-state index is 0.0509. The van der Waals surface area contributed by atoms with Gasteiger partial charge in [0.05, 0.1) is 0 Å². The van der Waals surface area contributed by atoms with Crippen molar-refractivity contribution in [2.45, 2.75) is 6.54 Å². The standard InChI is InChI=1S/C17H19N3O4/c21-15(12-20-11-5-4-8-17(20)23)18-9-10-19-16(22)13-24-14-6-2-1-3-7-14/h1-8,11H,9-10,12-13H2,(H,18,21)(H,19,22). The van der Waals surface area contributed by atoms with Crippen LogP contribution in [0.1, 0.15) is 0 Å². The number of nitrogens with zero attached hydrogens (tertiary/aromatic N) is 1. The van der Waals surface area contributed by atoms with Gasteiger partial charge in [0.15, 0.2) is 6.61 Å². The Morgan fingerprint density at radius 3 is 2.29 bits per heavy atom. The van der Waals surface area contributed by atoms with Crippen LogP contribution in [0, 0.1) is 0 Å². The van der Waals surface area contributed by atoms with Gasteiger partial charge in [-0.2, -0.15) is 0 Å². The van der Waals surface area contributed by atoms with Crippen LogP contribution in [0.15, 0.2) is 59.5 Å². The average Bonchev–Trinajstić information content (AvgIpc) is 2.60. The lowest BCUT2D eigenvalue weighted by molar-refractivity contribution is -0.124. The molecule has 0 aliphatic heterocycles. The molecule has 0 saturated heterocycles. The summed E-state index contributed by atoms with van der Waals surface area (Å²) in [6.45, 7) is 0.423. The average molecular weight is 329 g/mol. The van der Waals surface area contributed by atoms with Crippen molar-refractivity contribution in [3.63, 3.8) is 0 Å². The zero-order valence-corrected chi connectivity index (χ0v) is 13.1. The Bertz CT molecular complexity index is 728. The van der Waals surface area contributed by atoms with Crippen molar-refractivity contribution in [1.82, 2.24) is 15.2 Å². The zero-order chi connectivity index (χ0) is 17.2. The van der Waals surface area contributed by atoms with Gasteiger partial charge in [0, 0.05) is 25.4 Å². The number of carbonyl (C=O) groups excluding carboxylic acids is 2. The van der Waals surface area contributed by atoms with Crippen molar-refractivity contribution >= 4 is 11.8 Å². The summed E-state index contributed by atoms with van der Waals surface area (Å²) in [4.78, 5) is 34.8. The van der Waals surface area contributed by atoms with Crippen LogP contribution < -0.4 is 20.9 Å². The van der Waals surface area contributed by atoms with Gasteiger partial charge < -0.3 is 19.9 Å². The second-order valence-corrected chi connectivity index (χ2v) is 4.97. The van der Waals surface area contributed by atoms with Gasteiger partial charge in [-0.1, -0.05) is 24.3 Å². The lowest BCUT2D eigenvalue weighted by Crippen LogP contribution is -2.38. The first kappa shape index (κ1) is 17.3. The Kier molecular flexibility index (Phi) is 6.58. The van der Waals surface area contributed by atoms with Crippen molar-refractivity contribution < 1.29 is 14.3 Å². The van der Waals surface area contributed by atoms with Crippen LogP contribution in [0.4, 0.5) is 0 Å². The first-order valence-corrected chi connectivity index (χ1v) is 7.52. The van der Waals surface area contributed by atoms with Crippen LogP contribution in [0.3, 0.4) is 0 Å². The van der Waals surface area contributed by atoms with Gasteiger partial charge in [-0.15, -0.1) is 0 Å². The molecule has 0 unspecified atom stereocenters. The summed E-state index contributed by atoms with van der Waals surface area (Å²) < 4.78 is 6.61. The normalized spacial score (nSPS) is 10.0. The molecule has 2 N–H and O–H groups in total. The number of nitrogens with one attached hydrogen (secondary N) is 2.